The van der Waals surface area contributed by atoms with Crippen molar-refractivity contribution in [3.63, 3.8) is 0 Å². The minimum absolute atomic E-state index is 0.0130. The number of carbonyl (C=O) groups excluding carboxylic acids is 1. The summed E-state index contributed by atoms with van der Waals surface area (Å²) in [6, 6.07) is 5.63. The van der Waals surface area contributed by atoms with Crippen LogP contribution >= 0.6 is 0 Å². The molecule has 0 aliphatic carbocycles. The Kier molecular flexibility index (Phi) is 6.99. The van der Waals surface area contributed by atoms with Crippen molar-refractivity contribution in [2.75, 3.05) is 37.4 Å². The number of benzene rings is 2. The quantitative estimate of drug-likeness (QED) is 0.640. The Morgan fingerprint density at radius 3 is 2.27 bits per heavy atom. The third-order valence-electron chi connectivity index (χ3n) is 5.42. The fourth-order valence-electron chi connectivity index (χ4n) is 3.56. The van der Waals surface area contributed by atoms with E-state index >= 15 is 0 Å². The topological polar surface area (TPSA) is 69.7 Å². The average molecular weight is 491 g/mol. The average Bonchev–Trinajstić information content (AvgIpc) is 2.74. The van der Waals surface area contributed by atoms with E-state index in [1.54, 1.807) is 14.1 Å². The van der Waals surface area contributed by atoms with Crippen LogP contribution in [0.4, 0.5) is 33.3 Å². The zero-order chi connectivity index (χ0) is 24.6. The lowest BCUT2D eigenvalue weighted by Crippen LogP contribution is -2.41. The Morgan fingerprint density at radius 2 is 1.70 bits per heavy atom. The number of sulfonamides is 1. The molecule has 0 radical (unpaired) electrons. The van der Waals surface area contributed by atoms with Gasteiger partial charge in [0.05, 0.1) is 11.3 Å². The van der Waals surface area contributed by atoms with Gasteiger partial charge in [-0.3, -0.25) is 4.79 Å². The molecule has 12 heteroatoms. The van der Waals surface area contributed by atoms with Crippen molar-refractivity contribution in [3.8, 4) is 0 Å². The predicted octanol–water partition coefficient (Wildman–Crippen LogP) is 4.09. The van der Waals surface area contributed by atoms with Crippen LogP contribution in [0.25, 0.3) is 0 Å². The summed E-state index contributed by atoms with van der Waals surface area (Å²) in [6.07, 6.45) is -4.67. The van der Waals surface area contributed by atoms with Crippen molar-refractivity contribution >= 4 is 27.3 Å². The molecule has 1 saturated heterocycles. The number of rotatable bonds is 5. The first-order valence-corrected chi connectivity index (χ1v) is 11.4. The number of anilines is 2. The second-order valence-electron chi connectivity index (χ2n) is 7.86. The number of halogens is 5. The number of alkyl halides is 3. The monoisotopic (exact) mass is 491 g/mol. The van der Waals surface area contributed by atoms with Crippen LogP contribution in [0.1, 0.15) is 18.4 Å². The van der Waals surface area contributed by atoms with E-state index in [0.717, 1.165) is 16.4 Å². The molecule has 2 aromatic carbocycles. The fourth-order valence-corrected chi connectivity index (χ4v) is 5.11. The number of amides is 1. The molecule has 1 fully saturated rings. The highest BCUT2D eigenvalue weighted by molar-refractivity contribution is 7.89. The maximum absolute atomic E-state index is 13.9. The minimum atomic E-state index is -4.69. The standard InChI is InChI=1S/C21H22F5N3O3S/c1-28(2)15-4-6-18(16(12-15)21(24,25)26)27-20(30)13-7-9-29(10-8-13)33(31,32)19-11-14(22)3-5-17(19)23/h3-6,11-13H,7-10H2,1-2H3,(H,27,30). The first kappa shape index (κ1) is 24.9. The third kappa shape index (κ3) is 5.44. The van der Waals surface area contributed by atoms with Crippen molar-refractivity contribution < 1.29 is 35.2 Å². The number of nitrogens with one attached hydrogen (secondary N) is 1. The SMILES string of the molecule is CN(C)c1ccc(NC(=O)C2CCN(S(=O)(=O)c3cc(F)ccc3F)CC2)c(C(F)(F)F)c1. The van der Waals surface area contributed by atoms with Gasteiger partial charge in [0.15, 0.2) is 0 Å². The summed E-state index contributed by atoms with van der Waals surface area (Å²) in [5.74, 6) is -3.43. The Morgan fingerprint density at radius 1 is 1.06 bits per heavy atom. The second-order valence-corrected chi connectivity index (χ2v) is 9.77. The maximum atomic E-state index is 13.9. The van der Waals surface area contributed by atoms with Crippen LogP contribution in [0.2, 0.25) is 0 Å². The Bertz CT molecular complexity index is 1140. The van der Waals surface area contributed by atoms with Crippen LogP contribution in [-0.4, -0.2) is 45.8 Å². The molecule has 2 aromatic rings. The zero-order valence-electron chi connectivity index (χ0n) is 17.8. The highest BCUT2D eigenvalue weighted by Crippen LogP contribution is 2.37. The maximum Gasteiger partial charge on any atom is 0.418 e. The van der Waals surface area contributed by atoms with Crippen LogP contribution in [0.5, 0.6) is 0 Å². The van der Waals surface area contributed by atoms with Gasteiger partial charge in [0.25, 0.3) is 0 Å². The fraction of sp³-hybridized carbons (Fsp3) is 0.381. The van der Waals surface area contributed by atoms with Gasteiger partial charge in [0.1, 0.15) is 16.5 Å². The molecule has 1 amide bonds. The van der Waals surface area contributed by atoms with Gasteiger partial charge in [0, 0.05) is 38.8 Å². The number of nitrogens with zero attached hydrogens (tertiary/aromatic N) is 2. The van der Waals surface area contributed by atoms with E-state index in [-0.39, 0.29) is 25.9 Å². The van der Waals surface area contributed by atoms with Crippen molar-refractivity contribution in [3.05, 3.63) is 53.6 Å². The van der Waals surface area contributed by atoms with Crippen molar-refractivity contribution in [2.24, 2.45) is 5.92 Å². The van der Waals surface area contributed by atoms with Crippen LogP contribution in [0.3, 0.4) is 0 Å². The van der Waals surface area contributed by atoms with E-state index in [1.807, 2.05) is 0 Å². The van der Waals surface area contributed by atoms with E-state index in [0.29, 0.717) is 17.8 Å². The summed E-state index contributed by atoms with van der Waals surface area (Å²) in [4.78, 5) is 13.3. The summed E-state index contributed by atoms with van der Waals surface area (Å²) < 4.78 is 94.1. The molecule has 0 spiro atoms. The second kappa shape index (κ2) is 9.26. The normalized spacial score (nSPS) is 16.0. The van der Waals surface area contributed by atoms with Crippen LogP contribution in [-0.2, 0) is 21.0 Å². The van der Waals surface area contributed by atoms with Crippen LogP contribution in [0, 0.1) is 17.6 Å². The molecule has 0 aromatic heterocycles. The number of hydrogen-bond acceptors (Lipinski definition) is 4. The van der Waals surface area contributed by atoms with E-state index < -0.39 is 55.8 Å². The van der Waals surface area contributed by atoms with Crippen molar-refractivity contribution in [2.45, 2.75) is 23.9 Å². The molecule has 180 valence electrons. The van der Waals surface area contributed by atoms with Gasteiger partial charge in [-0.2, -0.15) is 17.5 Å². The van der Waals surface area contributed by atoms with E-state index in [1.165, 1.54) is 17.0 Å². The molecule has 1 aliphatic rings. The van der Waals surface area contributed by atoms with Gasteiger partial charge >= 0.3 is 6.18 Å². The number of piperidine rings is 1. The molecule has 1 N–H and O–H groups in total. The third-order valence-corrected chi connectivity index (χ3v) is 7.33. The van der Waals surface area contributed by atoms with Gasteiger partial charge in [-0.25, -0.2) is 17.2 Å². The number of carbonyl (C=O) groups is 1. The highest BCUT2D eigenvalue weighted by atomic mass is 32.2. The molecular formula is C21H22F5N3O3S. The van der Waals surface area contributed by atoms with Crippen LogP contribution < -0.4 is 10.2 Å². The van der Waals surface area contributed by atoms with E-state index in [9.17, 15) is 35.2 Å². The summed E-state index contributed by atoms with van der Waals surface area (Å²) in [5.41, 5.74) is -1.08. The minimum Gasteiger partial charge on any atom is -0.378 e. The van der Waals surface area contributed by atoms with E-state index in [2.05, 4.69) is 5.32 Å². The largest absolute Gasteiger partial charge is 0.418 e. The first-order valence-electron chi connectivity index (χ1n) is 9.95. The molecule has 1 aliphatic heterocycles. The van der Waals surface area contributed by atoms with Gasteiger partial charge in [-0.05, 0) is 49.2 Å². The van der Waals surface area contributed by atoms with Gasteiger partial charge in [-0.1, -0.05) is 0 Å². The van der Waals surface area contributed by atoms with Gasteiger partial charge in [-0.15, -0.1) is 0 Å². The molecule has 0 bridgehead atoms. The predicted molar refractivity (Wildman–Crippen MR) is 112 cm³/mol. The molecule has 0 saturated carbocycles. The van der Waals surface area contributed by atoms with Gasteiger partial charge in [0.2, 0.25) is 15.9 Å². The lowest BCUT2D eigenvalue weighted by Gasteiger charge is -2.31. The van der Waals surface area contributed by atoms with Crippen molar-refractivity contribution in [1.29, 1.82) is 0 Å². The molecule has 33 heavy (non-hydrogen) atoms. The molecular weight excluding hydrogens is 469 g/mol. The Balaban J connectivity index is 1.72. The molecule has 6 nitrogen and oxygen atoms in total. The smallest absolute Gasteiger partial charge is 0.378 e. The Labute approximate surface area is 188 Å². The van der Waals surface area contributed by atoms with Crippen LogP contribution in [0.15, 0.2) is 41.3 Å². The summed E-state index contributed by atoms with van der Waals surface area (Å²) in [5, 5.41) is 2.30. The Hall–Kier alpha value is -2.73. The van der Waals surface area contributed by atoms with Gasteiger partial charge < -0.3 is 10.2 Å². The number of hydrogen-bond donors (Lipinski definition) is 1. The summed E-state index contributed by atoms with van der Waals surface area (Å²) >= 11 is 0. The summed E-state index contributed by atoms with van der Waals surface area (Å²) in [7, 11) is -1.15. The van der Waals surface area contributed by atoms with Crippen molar-refractivity contribution in [1.82, 2.24) is 4.31 Å². The highest BCUT2D eigenvalue weighted by Gasteiger charge is 2.37. The summed E-state index contributed by atoms with van der Waals surface area (Å²) in [6.45, 7) is -0.329. The molecule has 0 atom stereocenters. The lowest BCUT2D eigenvalue weighted by molar-refractivity contribution is -0.137. The first-order chi connectivity index (χ1) is 15.3. The zero-order valence-corrected chi connectivity index (χ0v) is 18.6. The molecule has 1 heterocycles. The molecule has 0 unspecified atom stereocenters. The molecule has 3 rings (SSSR count). The van der Waals surface area contributed by atoms with E-state index in [4.69, 9.17) is 0 Å². The lowest BCUT2D eigenvalue weighted by atomic mass is 9.97.